The zero-order valence-corrected chi connectivity index (χ0v) is 17.6. The molecule has 0 heterocycles. The Hall–Kier alpha value is -1.09. The van der Waals surface area contributed by atoms with Crippen molar-refractivity contribution in [1.82, 2.24) is 4.90 Å². The van der Waals surface area contributed by atoms with Crippen LogP contribution in [0.25, 0.3) is 0 Å². The van der Waals surface area contributed by atoms with Crippen LogP contribution < -0.4 is 0 Å². The summed E-state index contributed by atoms with van der Waals surface area (Å²) in [6, 6.07) is 0. The van der Waals surface area contributed by atoms with E-state index in [4.69, 9.17) is 0 Å². The average molecular weight is 372 g/mol. The van der Waals surface area contributed by atoms with E-state index in [0.29, 0.717) is 23.5 Å². The summed E-state index contributed by atoms with van der Waals surface area (Å²) in [4.78, 5) is 15.6. The molecule has 4 aliphatic carbocycles. The second kappa shape index (κ2) is 6.76. The molecule has 0 aromatic heterocycles. The number of ketones is 1. The van der Waals surface area contributed by atoms with E-state index in [0.717, 1.165) is 57.2 Å². The number of aliphatic hydroxyl groups excluding tert-OH is 1. The Morgan fingerprint density at radius 2 is 1.81 bits per heavy atom. The van der Waals surface area contributed by atoms with Crippen molar-refractivity contribution in [2.75, 3.05) is 13.1 Å². The van der Waals surface area contributed by atoms with Gasteiger partial charge in [0.1, 0.15) is 0 Å². The predicted octanol–water partition coefficient (Wildman–Crippen LogP) is 4.71. The molecule has 27 heavy (non-hydrogen) atoms. The SMILES string of the molecule is CCN(/C=C1\C[C@H]2[C@@H]3CC=C4C[C@@H](O)CC[C@]4(C)[C@H]3CC[C@]2(C)C1=O)CC. The maximum Gasteiger partial charge on any atom is 0.166 e. The lowest BCUT2D eigenvalue weighted by Gasteiger charge is -2.56. The quantitative estimate of drug-likeness (QED) is 0.577. The first kappa shape index (κ1) is 19.2. The molecule has 1 N–H and O–H groups in total. The first-order valence-electron chi connectivity index (χ1n) is 11.2. The fraction of sp³-hybridized carbons (Fsp3) is 0.792. The van der Waals surface area contributed by atoms with Crippen molar-refractivity contribution in [3.8, 4) is 0 Å². The summed E-state index contributed by atoms with van der Waals surface area (Å²) in [6.45, 7) is 11.0. The summed E-state index contributed by atoms with van der Waals surface area (Å²) in [5.74, 6) is 2.23. The minimum atomic E-state index is -0.157. The zero-order valence-electron chi connectivity index (χ0n) is 17.6. The maximum atomic E-state index is 13.4. The normalized spacial score (nSPS) is 45.1. The monoisotopic (exact) mass is 371 g/mol. The molecule has 0 aliphatic heterocycles. The van der Waals surface area contributed by atoms with Crippen LogP contribution in [0.4, 0.5) is 0 Å². The molecule has 0 aromatic rings. The van der Waals surface area contributed by atoms with Crippen LogP contribution in [-0.2, 0) is 4.79 Å². The Morgan fingerprint density at radius 1 is 1.11 bits per heavy atom. The first-order chi connectivity index (χ1) is 12.8. The zero-order chi connectivity index (χ0) is 19.4. The summed E-state index contributed by atoms with van der Waals surface area (Å²) in [5.41, 5.74) is 2.67. The van der Waals surface area contributed by atoms with Gasteiger partial charge in [-0.05, 0) is 82.0 Å². The van der Waals surface area contributed by atoms with E-state index in [-0.39, 0.29) is 16.9 Å². The van der Waals surface area contributed by atoms with Crippen molar-refractivity contribution < 1.29 is 9.90 Å². The molecule has 3 heteroatoms. The molecule has 0 spiro atoms. The lowest BCUT2D eigenvalue weighted by atomic mass is 9.48. The Kier molecular flexibility index (Phi) is 4.81. The summed E-state index contributed by atoms with van der Waals surface area (Å²) < 4.78 is 0. The molecule has 0 radical (unpaired) electrons. The molecule has 4 aliphatic rings. The summed E-state index contributed by atoms with van der Waals surface area (Å²) in [6.07, 6.45) is 11.7. The standard InChI is InChI=1S/C24H37NO2/c1-5-25(6-2)15-16-13-21-19-8-7-17-14-18(26)9-11-23(17,3)20(19)10-12-24(21,4)22(16)27/h7,15,18-21,26H,5-6,8-14H2,1-4H3/b16-15+/t18-,19+,20-,21-,23-,24-/m0/s1. The minimum absolute atomic E-state index is 0.147. The number of carbonyl (C=O) groups is 1. The molecule has 6 atom stereocenters. The Bertz CT molecular complexity index is 676. The van der Waals surface area contributed by atoms with E-state index in [1.807, 2.05) is 0 Å². The molecule has 3 saturated carbocycles. The molecule has 0 aromatic carbocycles. The molecule has 4 rings (SSSR count). The predicted molar refractivity (Wildman–Crippen MR) is 109 cm³/mol. The van der Waals surface area contributed by atoms with Gasteiger partial charge in [0.25, 0.3) is 0 Å². The van der Waals surface area contributed by atoms with E-state index < -0.39 is 0 Å². The third kappa shape index (κ3) is 2.84. The lowest BCUT2D eigenvalue weighted by Crippen LogP contribution is -2.50. The van der Waals surface area contributed by atoms with Crippen LogP contribution in [0.2, 0.25) is 0 Å². The fourth-order valence-corrected chi connectivity index (χ4v) is 7.05. The molecule has 0 unspecified atom stereocenters. The molecular weight excluding hydrogens is 334 g/mol. The first-order valence-corrected chi connectivity index (χ1v) is 11.2. The molecular formula is C24H37NO2. The number of Topliss-reactive ketones (excluding diaryl/α,β-unsaturated/α-hetero) is 1. The number of aliphatic hydroxyl groups is 1. The van der Waals surface area contributed by atoms with Crippen LogP contribution in [0, 0.1) is 28.6 Å². The van der Waals surface area contributed by atoms with Crippen molar-refractivity contribution >= 4 is 5.78 Å². The maximum absolute atomic E-state index is 13.4. The number of rotatable bonds is 3. The Morgan fingerprint density at radius 3 is 2.52 bits per heavy atom. The molecule has 3 fully saturated rings. The van der Waals surface area contributed by atoms with Crippen molar-refractivity contribution in [3.05, 3.63) is 23.4 Å². The van der Waals surface area contributed by atoms with E-state index >= 15 is 0 Å². The van der Waals surface area contributed by atoms with Gasteiger partial charge < -0.3 is 10.0 Å². The number of hydrogen-bond acceptors (Lipinski definition) is 3. The van der Waals surface area contributed by atoms with E-state index in [2.05, 4.69) is 44.9 Å². The second-order valence-electron chi connectivity index (χ2n) is 10.0. The molecule has 150 valence electrons. The smallest absolute Gasteiger partial charge is 0.166 e. The highest BCUT2D eigenvalue weighted by Gasteiger charge is 2.59. The summed E-state index contributed by atoms with van der Waals surface area (Å²) in [5, 5.41) is 10.2. The minimum Gasteiger partial charge on any atom is -0.393 e. The fourth-order valence-electron chi connectivity index (χ4n) is 7.05. The second-order valence-corrected chi connectivity index (χ2v) is 10.0. The number of hydrogen-bond donors (Lipinski definition) is 1. The van der Waals surface area contributed by atoms with Crippen LogP contribution in [0.1, 0.15) is 72.6 Å². The van der Waals surface area contributed by atoms with Crippen molar-refractivity contribution in [3.63, 3.8) is 0 Å². The third-order valence-corrected chi connectivity index (χ3v) is 8.87. The summed E-state index contributed by atoms with van der Waals surface area (Å²) in [7, 11) is 0. The number of fused-ring (bicyclic) bond motifs is 5. The highest BCUT2D eigenvalue weighted by atomic mass is 16.3. The number of carbonyl (C=O) groups excluding carboxylic acids is 1. The van der Waals surface area contributed by atoms with Gasteiger partial charge in [0.05, 0.1) is 6.10 Å². The molecule has 0 amide bonds. The van der Waals surface area contributed by atoms with Gasteiger partial charge in [0.2, 0.25) is 0 Å². The van der Waals surface area contributed by atoms with Gasteiger partial charge in [-0.25, -0.2) is 0 Å². The molecule has 0 saturated heterocycles. The Labute approximate surface area is 164 Å². The number of allylic oxidation sites excluding steroid dienone is 2. The van der Waals surface area contributed by atoms with Crippen LogP contribution in [0.3, 0.4) is 0 Å². The van der Waals surface area contributed by atoms with Gasteiger partial charge in [-0.3, -0.25) is 4.79 Å². The largest absolute Gasteiger partial charge is 0.393 e. The van der Waals surface area contributed by atoms with Crippen LogP contribution in [-0.4, -0.2) is 35.0 Å². The van der Waals surface area contributed by atoms with Crippen molar-refractivity contribution in [2.24, 2.45) is 28.6 Å². The topological polar surface area (TPSA) is 40.5 Å². The van der Waals surface area contributed by atoms with Crippen LogP contribution in [0.15, 0.2) is 23.4 Å². The van der Waals surface area contributed by atoms with E-state index in [9.17, 15) is 9.90 Å². The van der Waals surface area contributed by atoms with Gasteiger partial charge in [-0.15, -0.1) is 0 Å². The van der Waals surface area contributed by atoms with Gasteiger partial charge in [-0.2, -0.15) is 0 Å². The highest BCUT2D eigenvalue weighted by Crippen LogP contribution is 2.64. The van der Waals surface area contributed by atoms with Gasteiger partial charge in [0, 0.05) is 30.3 Å². The Balaban J connectivity index is 1.65. The average Bonchev–Trinajstić information content (AvgIpc) is 2.91. The third-order valence-electron chi connectivity index (χ3n) is 8.87. The number of nitrogens with zero attached hydrogens (tertiary/aromatic N) is 1. The van der Waals surface area contributed by atoms with Gasteiger partial charge in [-0.1, -0.05) is 25.5 Å². The van der Waals surface area contributed by atoms with Gasteiger partial charge in [0.15, 0.2) is 5.78 Å². The molecule has 0 bridgehead atoms. The summed E-state index contributed by atoms with van der Waals surface area (Å²) >= 11 is 0. The molecule has 3 nitrogen and oxygen atoms in total. The van der Waals surface area contributed by atoms with E-state index in [1.165, 1.54) is 12.0 Å². The lowest BCUT2D eigenvalue weighted by molar-refractivity contribution is -0.130. The van der Waals surface area contributed by atoms with Crippen molar-refractivity contribution in [1.29, 1.82) is 0 Å². The van der Waals surface area contributed by atoms with Gasteiger partial charge >= 0.3 is 0 Å². The van der Waals surface area contributed by atoms with Crippen LogP contribution >= 0.6 is 0 Å². The van der Waals surface area contributed by atoms with E-state index in [1.54, 1.807) is 0 Å². The van der Waals surface area contributed by atoms with Crippen LogP contribution in [0.5, 0.6) is 0 Å². The van der Waals surface area contributed by atoms with Crippen molar-refractivity contribution in [2.45, 2.75) is 78.7 Å². The highest BCUT2D eigenvalue weighted by molar-refractivity contribution is 6.02.